The largest absolute Gasteiger partial charge is 0.368 e. The van der Waals surface area contributed by atoms with Gasteiger partial charge in [-0.05, 0) is 18.4 Å². The highest BCUT2D eigenvalue weighted by Gasteiger charge is 2.23. The summed E-state index contributed by atoms with van der Waals surface area (Å²) in [7, 11) is 0. The van der Waals surface area contributed by atoms with Gasteiger partial charge in [-0.2, -0.15) is 0 Å². The Morgan fingerprint density at radius 3 is 3.00 bits per heavy atom. The molecule has 0 amide bonds. The molecule has 2 unspecified atom stereocenters. The molecule has 15 heavy (non-hydrogen) atoms. The second kappa shape index (κ2) is 4.37. The molecule has 1 aromatic rings. The average Bonchev–Trinajstić information content (AvgIpc) is 2.16. The summed E-state index contributed by atoms with van der Waals surface area (Å²) in [5.74, 6) is 0.623. The standard InChI is InChI=1S/C11H16ClN3/c1-8-4-9(13)7-15(6-8)11-2-3-14-5-10(11)12/h2-3,5,8-9H,4,6-7,13H2,1H3. The number of halogens is 1. The van der Waals surface area contributed by atoms with Gasteiger partial charge in [0.15, 0.2) is 0 Å². The summed E-state index contributed by atoms with van der Waals surface area (Å²) in [5.41, 5.74) is 7.05. The Morgan fingerprint density at radius 1 is 1.53 bits per heavy atom. The monoisotopic (exact) mass is 225 g/mol. The molecule has 1 aliphatic heterocycles. The van der Waals surface area contributed by atoms with Crippen LogP contribution in [0.3, 0.4) is 0 Å². The zero-order valence-electron chi connectivity index (χ0n) is 8.86. The van der Waals surface area contributed by atoms with Crippen LogP contribution in [0.4, 0.5) is 5.69 Å². The number of aromatic nitrogens is 1. The maximum atomic E-state index is 6.11. The first-order chi connectivity index (χ1) is 7.16. The summed E-state index contributed by atoms with van der Waals surface area (Å²) < 4.78 is 0. The van der Waals surface area contributed by atoms with Crippen molar-refractivity contribution >= 4 is 17.3 Å². The van der Waals surface area contributed by atoms with Crippen molar-refractivity contribution in [3.63, 3.8) is 0 Å². The summed E-state index contributed by atoms with van der Waals surface area (Å²) in [6.45, 7) is 4.13. The first-order valence-corrected chi connectivity index (χ1v) is 5.64. The van der Waals surface area contributed by atoms with Crippen LogP contribution < -0.4 is 10.6 Å². The van der Waals surface area contributed by atoms with E-state index in [1.165, 1.54) is 0 Å². The number of nitrogens with two attached hydrogens (primary N) is 1. The van der Waals surface area contributed by atoms with Crippen molar-refractivity contribution in [3.05, 3.63) is 23.5 Å². The number of hydrogen-bond acceptors (Lipinski definition) is 3. The van der Waals surface area contributed by atoms with Crippen molar-refractivity contribution in [2.24, 2.45) is 11.7 Å². The highest BCUT2D eigenvalue weighted by atomic mass is 35.5. The first kappa shape index (κ1) is 10.7. The molecule has 2 heterocycles. The molecule has 4 heteroatoms. The molecule has 2 atom stereocenters. The van der Waals surface area contributed by atoms with Crippen molar-refractivity contribution in [1.29, 1.82) is 0 Å². The number of rotatable bonds is 1. The van der Waals surface area contributed by atoms with E-state index in [9.17, 15) is 0 Å². The molecule has 0 spiro atoms. The van der Waals surface area contributed by atoms with Crippen LogP contribution in [0.15, 0.2) is 18.5 Å². The van der Waals surface area contributed by atoms with E-state index in [1.54, 1.807) is 12.4 Å². The molecule has 1 saturated heterocycles. The summed E-state index contributed by atoms with van der Waals surface area (Å²) >= 11 is 6.11. The summed E-state index contributed by atoms with van der Waals surface area (Å²) in [5, 5.41) is 0.707. The lowest BCUT2D eigenvalue weighted by Crippen LogP contribution is -2.46. The average molecular weight is 226 g/mol. The smallest absolute Gasteiger partial charge is 0.0822 e. The van der Waals surface area contributed by atoms with Gasteiger partial charge in [0.25, 0.3) is 0 Å². The Hall–Kier alpha value is -0.800. The van der Waals surface area contributed by atoms with Crippen LogP contribution in [0, 0.1) is 5.92 Å². The van der Waals surface area contributed by atoms with Crippen molar-refractivity contribution in [3.8, 4) is 0 Å². The van der Waals surface area contributed by atoms with Gasteiger partial charge >= 0.3 is 0 Å². The lowest BCUT2D eigenvalue weighted by molar-refractivity contribution is 0.401. The third-order valence-electron chi connectivity index (χ3n) is 2.78. The molecule has 1 aromatic heterocycles. The highest BCUT2D eigenvalue weighted by molar-refractivity contribution is 6.33. The first-order valence-electron chi connectivity index (χ1n) is 5.27. The van der Waals surface area contributed by atoms with Crippen LogP contribution in [0.5, 0.6) is 0 Å². The molecule has 82 valence electrons. The molecule has 0 radical (unpaired) electrons. The molecule has 0 bridgehead atoms. The third-order valence-corrected chi connectivity index (χ3v) is 3.08. The number of piperidine rings is 1. The maximum Gasteiger partial charge on any atom is 0.0822 e. The minimum absolute atomic E-state index is 0.248. The second-order valence-corrected chi connectivity index (χ2v) is 4.74. The quantitative estimate of drug-likeness (QED) is 0.794. The Kier molecular flexibility index (Phi) is 3.12. The Morgan fingerprint density at radius 2 is 2.33 bits per heavy atom. The maximum absolute atomic E-state index is 6.11. The molecule has 0 saturated carbocycles. The van der Waals surface area contributed by atoms with Gasteiger partial charge in [0.05, 0.1) is 10.7 Å². The van der Waals surface area contributed by atoms with Crippen LogP contribution in [0.25, 0.3) is 0 Å². The molecule has 1 aliphatic rings. The third kappa shape index (κ3) is 2.41. The van der Waals surface area contributed by atoms with Crippen LogP contribution in [0.1, 0.15) is 13.3 Å². The number of pyridine rings is 1. The van der Waals surface area contributed by atoms with Gasteiger partial charge in [0, 0.05) is 31.5 Å². The Bertz CT molecular complexity index is 332. The van der Waals surface area contributed by atoms with E-state index in [0.29, 0.717) is 10.9 Å². The highest BCUT2D eigenvalue weighted by Crippen LogP contribution is 2.28. The van der Waals surface area contributed by atoms with Crippen LogP contribution in [-0.2, 0) is 0 Å². The molecule has 2 rings (SSSR count). The molecule has 0 aromatic carbocycles. The number of nitrogens with zero attached hydrogens (tertiary/aromatic N) is 2. The fraction of sp³-hybridized carbons (Fsp3) is 0.545. The minimum atomic E-state index is 0.248. The molecular weight excluding hydrogens is 210 g/mol. The lowest BCUT2D eigenvalue weighted by Gasteiger charge is -2.36. The fourth-order valence-electron chi connectivity index (χ4n) is 2.22. The summed E-state index contributed by atoms with van der Waals surface area (Å²) in [4.78, 5) is 6.24. The van der Waals surface area contributed by atoms with Crippen LogP contribution in [0.2, 0.25) is 5.02 Å². The number of hydrogen-bond donors (Lipinski definition) is 1. The topological polar surface area (TPSA) is 42.1 Å². The van der Waals surface area contributed by atoms with E-state index in [1.807, 2.05) is 6.07 Å². The van der Waals surface area contributed by atoms with Crippen molar-refractivity contribution < 1.29 is 0 Å². The van der Waals surface area contributed by atoms with Gasteiger partial charge in [-0.3, -0.25) is 4.98 Å². The zero-order valence-corrected chi connectivity index (χ0v) is 9.61. The summed E-state index contributed by atoms with van der Waals surface area (Å²) in [6, 6.07) is 2.20. The van der Waals surface area contributed by atoms with Gasteiger partial charge in [0.2, 0.25) is 0 Å². The summed E-state index contributed by atoms with van der Waals surface area (Å²) in [6.07, 6.45) is 4.55. The van der Waals surface area contributed by atoms with E-state index in [2.05, 4.69) is 16.8 Å². The van der Waals surface area contributed by atoms with Crippen LogP contribution >= 0.6 is 11.6 Å². The van der Waals surface area contributed by atoms with E-state index in [4.69, 9.17) is 17.3 Å². The van der Waals surface area contributed by atoms with Gasteiger partial charge in [-0.15, -0.1) is 0 Å². The van der Waals surface area contributed by atoms with E-state index < -0.39 is 0 Å². The normalized spacial score (nSPS) is 26.7. The van der Waals surface area contributed by atoms with Crippen molar-refractivity contribution in [1.82, 2.24) is 4.98 Å². The molecule has 1 fully saturated rings. The van der Waals surface area contributed by atoms with Gasteiger partial charge in [-0.1, -0.05) is 18.5 Å². The van der Waals surface area contributed by atoms with Crippen molar-refractivity contribution in [2.75, 3.05) is 18.0 Å². The van der Waals surface area contributed by atoms with Gasteiger partial charge in [0.1, 0.15) is 0 Å². The van der Waals surface area contributed by atoms with Gasteiger partial charge < -0.3 is 10.6 Å². The minimum Gasteiger partial charge on any atom is -0.368 e. The molecule has 3 nitrogen and oxygen atoms in total. The zero-order chi connectivity index (χ0) is 10.8. The predicted molar refractivity (Wildman–Crippen MR) is 63.2 cm³/mol. The lowest BCUT2D eigenvalue weighted by atomic mass is 9.96. The number of anilines is 1. The predicted octanol–water partition coefficient (Wildman–Crippen LogP) is 1.91. The Balaban J connectivity index is 2.20. The van der Waals surface area contributed by atoms with E-state index in [0.717, 1.165) is 25.2 Å². The SMILES string of the molecule is CC1CC(N)CN(c2ccncc2Cl)C1. The Labute approximate surface area is 95.2 Å². The van der Waals surface area contributed by atoms with Gasteiger partial charge in [-0.25, -0.2) is 0 Å². The van der Waals surface area contributed by atoms with E-state index in [-0.39, 0.29) is 6.04 Å². The second-order valence-electron chi connectivity index (χ2n) is 4.33. The fourth-order valence-corrected chi connectivity index (χ4v) is 2.46. The van der Waals surface area contributed by atoms with Crippen LogP contribution in [-0.4, -0.2) is 24.1 Å². The van der Waals surface area contributed by atoms with E-state index >= 15 is 0 Å². The molecular formula is C11H16ClN3. The molecule has 2 N–H and O–H groups in total. The molecule has 0 aliphatic carbocycles. The van der Waals surface area contributed by atoms with Crippen molar-refractivity contribution in [2.45, 2.75) is 19.4 Å².